The van der Waals surface area contributed by atoms with E-state index in [4.69, 9.17) is 19.4 Å². The average Bonchev–Trinajstić information content (AvgIpc) is 3.86. The van der Waals surface area contributed by atoms with Crippen LogP contribution in [0.2, 0.25) is 0 Å². The number of nitrogens with zero attached hydrogens (tertiary/aromatic N) is 7. The van der Waals surface area contributed by atoms with Crippen LogP contribution < -0.4 is 10.7 Å². The zero-order chi connectivity index (χ0) is 45.3. The number of rotatable bonds is 10. The van der Waals surface area contributed by atoms with Crippen molar-refractivity contribution >= 4 is 46.1 Å². The van der Waals surface area contributed by atoms with Crippen molar-refractivity contribution in [3.63, 3.8) is 0 Å². The minimum atomic E-state index is -1.04. The quantitative estimate of drug-likeness (QED) is 0.184. The number of fused-ring (bicyclic) bond motifs is 6. The number of hydrogen-bond donors (Lipinski definition) is 2. The number of benzene rings is 1. The molecule has 5 atom stereocenters. The number of esters is 1. The molecule has 0 saturated carbocycles. The normalized spacial score (nSPS) is 21.6. The van der Waals surface area contributed by atoms with Gasteiger partial charge < -0.3 is 34.1 Å². The molecule has 3 aliphatic rings. The number of amides is 4. The molecule has 15 nitrogen and oxygen atoms in total. The highest BCUT2D eigenvalue weighted by atomic mass is 32.1. The van der Waals surface area contributed by atoms with Crippen LogP contribution in [0.1, 0.15) is 83.2 Å². The monoisotopic (exact) mass is 883 g/mol. The predicted molar refractivity (Wildman–Crippen MR) is 245 cm³/mol. The molecular formula is C47H65N9O6S. The maximum Gasteiger partial charge on any atom is 0.324 e. The van der Waals surface area contributed by atoms with Crippen molar-refractivity contribution in [1.82, 2.24) is 45.0 Å². The molecule has 1 unspecified atom stereocenters. The number of urea groups is 1. The number of methoxy groups -OCH3 is 1. The van der Waals surface area contributed by atoms with Crippen molar-refractivity contribution < 1.29 is 28.7 Å². The van der Waals surface area contributed by atoms with Gasteiger partial charge in [0.15, 0.2) is 0 Å². The van der Waals surface area contributed by atoms with Crippen LogP contribution in [0.15, 0.2) is 41.9 Å². The summed E-state index contributed by atoms with van der Waals surface area (Å²) in [6, 6.07) is 7.82. The Morgan fingerprint density at radius 2 is 1.90 bits per heavy atom. The fourth-order valence-corrected chi connectivity index (χ4v) is 10.2. The van der Waals surface area contributed by atoms with Gasteiger partial charge in [0.25, 0.3) is 5.91 Å². The number of thiazole rings is 1. The Kier molecular flexibility index (Phi) is 13.9. The maximum atomic E-state index is 14.6. The average molecular weight is 884 g/mol. The lowest BCUT2D eigenvalue weighted by Crippen LogP contribution is -2.62. The number of cyclic esters (lactones) is 1. The van der Waals surface area contributed by atoms with Gasteiger partial charge in [-0.3, -0.25) is 24.4 Å². The minimum absolute atomic E-state index is 0.110. The van der Waals surface area contributed by atoms with Crippen molar-refractivity contribution in [2.75, 3.05) is 54.5 Å². The number of likely N-dealkylation sites (tertiary alicyclic amines) is 1. The predicted octanol–water partition coefficient (Wildman–Crippen LogP) is 5.91. The Labute approximate surface area is 375 Å². The molecule has 1 aromatic carbocycles. The second-order valence-corrected chi connectivity index (χ2v) is 19.6. The molecule has 63 heavy (non-hydrogen) atoms. The number of aromatic nitrogens is 3. The third kappa shape index (κ3) is 9.64. The Morgan fingerprint density at radius 1 is 1.13 bits per heavy atom. The van der Waals surface area contributed by atoms with Crippen LogP contribution in [0.3, 0.4) is 0 Å². The van der Waals surface area contributed by atoms with Crippen LogP contribution in [0.4, 0.5) is 4.79 Å². The van der Waals surface area contributed by atoms with E-state index in [0.29, 0.717) is 43.9 Å². The van der Waals surface area contributed by atoms with Crippen LogP contribution in [-0.4, -0.2) is 137 Å². The molecule has 0 spiro atoms. The van der Waals surface area contributed by atoms with Gasteiger partial charge in [0, 0.05) is 92.3 Å². The summed E-state index contributed by atoms with van der Waals surface area (Å²) in [6.45, 7) is 14.9. The van der Waals surface area contributed by atoms with E-state index in [2.05, 4.69) is 65.2 Å². The van der Waals surface area contributed by atoms with Crippen molar-refractivity contribution in [1.29, 1.82) is 0 Å². The Balaban J connectivity index is 1.27. The number of nitrogens with one attached hydrogen (secondary N) is 2. The molecule has 4 aromatic rings. The number of likely N-dealkylation sites (N-methyl/N-ethyl adjacent to an activating group) is 3. The summed E-state index contributed by atoms with van der Waals surface area (Å²) in [4.78, 5) is 71.8. The van der Waals surface area contributed by atoms with Gasteiger partial charge in [-0.25, -0.2) is 15.2 Å². The summed E-state index contributed by atoms with van der Waals surface area (Å²) < 4.78 is 14.2. The standard InChI is InChI=1S/C47H65N9O6S/c1-11-55-38-17-16-30-22-33(38)34(42(55)32-14-12-19-48-40(32)29(4)61-10)24-47(5,6)27-62-45(59)35-15-13-20-56(51-35)44(58)36(23-39-49-37(30)26-63-39)50-43(57)41(28(2)3)54(9)46(60)53(8)25-31-18-21-52(31)7/h12,14,16-17,19,22,26,28-29,31,35-36,41,51H,11,13,15,18,20-21,23-25,27H2,1-10H3,(H,50,57)/t29-,31+,35-,36-,41?/m0/s1. The zero-order valence-corrected chi connectivity index (χ0v) is 39.4. The number of pyridine rings is 1. The molecule has 2 fully saturated rings. The summed E-state index contributed by atoms with van der Waals surface area (Å²) in [5.41, 5.74) is 9.40. The van der Waals surface area contributed by atoms with Gasteiger partial charge in [0.1, 0.15) is 18.1 Å². The number of carbonyl (C=O) groups excluding carboxylic acids is 4. The van der Waals surface area contributed by atoms with Gasteiger partial charge in [-0.15, -0.1) is 11.3 Å². The summed E-state index contributed by atoms with van der Waals surface area (Å²) in [7, 11) is 7.14. The smallest absolute Gasteiger partial charge is 0.324 e. The molecule has 7 rings (SSSR count). The highest BCUT2D eigenvalue weighted by molar-refractivity contribution is 7.10. The van der Waals surface area contributed by atoms with Crippen molar-refractivity contribution in [3.8, 4) is 22.5 Å². The van der Waals surface area contributed by atoms with E-state index < -0.39 is 41.3 Å². The second-order valence-electron chi connectivity index (χ2n) is 18.7. The van der Waals surface area contributed by atoms with E-state index in [1.54, 1.807) is 32.3 Å². The molecular weight excluding hydrogens is 819 g/mol. The number of hydrazine groups is 1. The van der Waals surface area contributed by atoms with Gasteiger partial charge >= 0.3 is 12.0 Å². The molecule has 0 radical (unpaired) electrons. The molecule has 6 heterocycles. The lowest BCUT2D eigenvalue weighted by molar-refractivity contribution is -0.155. The third-order valence-corrected chi connectivity index (χ3v) is 13.9. The first kappa shape index (κ1) is 46.1. The first-order chi connectivity index (χ1) is 30.0. The van der Waals surface area contributed by atoms with Crippen LogP contribution in [-0.2, 0) is 43.2 Å². The fourth-order valence-electron chi connectivity index (χ4n) is 9.33. The van der Waals surface area contributed by atoms with E-state index in [1.165, 1.54) is 21.2 Å². The van der Waals surface area contributed by atoms with Crippen molar-refractivity contribution in [2.24, 2.45) is 11.3 Å². The van der Waals surface area contributed by atoms with Crippen LogP contribution in [0.5, 0.6) is 0 Å². The molecule has 16 heteroatoms. The number of hydrogen-bond acceptors (Lipinski definition) is 11. The number of ether oxygens (including phenoxy) is 2. The molecule has 0 aliphatic carbocycles. The highest BCUT2D eigenvalue weighted by Crippen LogP contribution is 2.42. The summed E-state index contributed by atoms with van der Waals surface area (Å²) in [5, 5.41) is 8.21. The first-order valence-corrected chi connectivity index (χ1v) is 23.2. The Bertz CT molecular complexity index is 2320. The Hall–Kier alpha value is -4.90. The molecule has 6 bridgehead atoms. The highest BCUT2D eigenvalue weighted by Gasteiger charge is 2.39. The molecule has 3 aromatic heterocycles. The van der Waals surface area contributed by atoms with Gasteiger partial charge in [0.05, 0.1) is 34.8 Å². The number of carbonyl (C=O) groups is 4. The Morgan fingerprint density at radius 3 is 2.59 bits per heavy atom. The zero-order valence-electron chi connectivity index (χ0n) is 38.6. The summed E-state index contributed by atoms with van der Waals surface area (Å²) in [6.07, 6.45) is 4.31. The minimum Gasteiger partial charge on any atom is -0.464 e. The van der Waals surface area contributed by atoms with E-state index in [9.17, 15) is 19.2 Å². The van der Waals surface area contributed by atoms with E-state index in [0.717, 1.165) is 57.6 Å². The van der Waals surface area contributed by atoms with Gasteiger partial charge in [-0.2, -0.15) is 0 Å². The topological polar surface area (TPSA) is 154 Å². The molecule has 340 valence electrons. The van der Waals surface area contributed by atoms with Gasteiger partial charge in [0.2, 0.25) is 5.91 Å². The van der Waals surface area contributed by atoms with E-state index >= 15 is 0 Å². The van der Waals surface area contributed by atoms with Crippen LogP contribution in [0.25, 0.3) is 33.4 Å². The fraction of sp³-hybridized carbons (Fsp3) is 0.574. The van der Waals surface area contributed by atoms with Gasteiger partial charge in [-0.05, 0) is 88.9 Å². The van der Waals surface area contributed by atoms with Crippen molar-refractivity contribution in [3.05, 3.63) is 58.2 Å². The van der Waals surface area contributed by atoms with E-state index in [1.807, 2.05) is 39.3 Å². The third-order valence-electron chi connectivity index (χ3n) is 13.0. The molecule has 3 aliphatic heterocycles. The maximum absolute atomic E-state index is 14.6. The molecule has 4 amide bonds. The van der Waals surface area contributed by atoms with Crippen LogP contribution in [0, 0.1) is 11.3 Å². The van der Waals surface area contributed by atoms with E-state index in [-0.39, 0.29) is 37.1 Å². The number of aryl methyl sites for hydroxylation is 1. The van der Waals surface area contributed by atoms with Crippen LogP contribution >= 0.6 is 11.3 Å². The van der Waals surface area contributed by atoms with Gasteiger partial charge in [-0.1, -0.05) is 33.8 Å². The molecule has 2 saturated heterocycles. The lowest BCUT2D eigenvalue weighted by Gasteiger charge is -2.41. The first-order valence-electron chi connectivity index (χ1n) is 22.3. The lowest BCUT2D eigenvalue weighted by atomic mass is 9.84. The summed E-state index contributed by atoms with van der Waals surface area (Å²) in [5.74, 6) is -1.52. The SMILES string of the molecule is CCn1c(-c2cccnc2[C@H](C)OC)c2c3cc(ccc31)-c1csc(n1)C[C@H](NC(=O)C(C(C)C)N(C)C(=O)N(C)C[C@H]1CCN1C)C(=O)N1CCC[C@H](N1)C(=O)OCC(C)(C)C2. The largest absolute Gasteiger partial charge is 0.464 e. The second kappa shape index (κ2) is 19.1. The summed E-state index contributed by atoms with van der Waals surface area (Å²) >= 11 is 1.43. The molecule has 2 N–H and O–H groups in total. The van der Waals surface area contributed by atoms with Crippen molar-refractivity contribution in [2.45, 2.75) is 110 Å².